The number of esters is 1. The Morgan fingerprint density at radius 3 is 2.18 bits per heavy atom. The van der Waals surface area contributed by atoms with Crippen molar-refractivity contribution in [1.29, 1.82) is 0 Å². The van der Waals surface area contributed by atoms with Crippen molar-refractivity contribution in [3.8, 4) is 0 Å². The quantitative estimate of drug-likeness (QED) is 0.497. The molecule has 0 aliphatic carbocycles. The van der Waals surface area contributed by atoms with Crippen LogP contribution in [0.1, 0.15) is 28.9 Å². The molecule has 22 heavy (non-hydrogen) atoms. The lowest BCUT2D eigenvalue weighted by molar-refractivity contribution is -0.991. The van der Waals surface area contributed by atoms with E-state index in [9.17, 15) is 14.8 Å². The summed E-state index contributed by atoms with van der Waals surface area (Å²) in [6, 6.07) is 14.1. The molecule has 0 amide bonds. The zero-order chi connectivity index (χ0) is 16.1. The van der Waals surface area contributed by atoms with Crippen LogP contribution in [0.5, 0.6) is 0 Å². The van der Waals surface area contributed by atoms with Crippen LogP contribution in [-0.4, -0.2) is 17.0 Å². The van der Waals surface area contributed by atoms with E-state index in [0.717, 1.165) is 0 Å². The van der Waals surface area contributed by atoms with Crippen LogP contribution in [0.25, 0.3) is 0 Å². The second-order valence-corrected chi connectivity index (χ2v) is 4.65. The van der Waals surface area contributed by atoms with Gasteiger partial charge in [0.25, 0.3) is 0 Å². The lowest BCUT2D eigenvalue weighted by Crippen LogP contribution is -2.99. The van der Waals surface area contributed by atoms with Gasteiger partial charge in [-0.3, -0.25) is 9.59 Å². The molecule has 0 saturated heterocycles. The summed E-state index contributed by atoms with van der Waals surface area (Å²) in [6.45, 7) is 1.22. The first-order valence-electron chi connectivity index (χ1n) is 6.59. The Morgan fingerprint density at radius 2 is 1.68 bits per heavy atom. The highest BCUT2D eigenvalue weighted by molar-refractivity contribution is 6.00. The van der Waals surface area contributed by atoms with Crippen molar-refractivity contribution in [2.45, 2.75) is 13.0 Å². The number of carbonyl (C=O) groups is 2. The molecule has 6 heteroatoms. The molecule has 0 fully saturated rings. The molecule has 0 heterocycles. The van der Waals surface area contributed by atoms with Crippen molar-refractivity contribution in [2.75, 3.05) is 0 Å². The molecule has 0 aliphatic heterocycles. The van der Waals surface area contributed by atoms with Crippen molar-refractivity contribution in [2.24, 2.45) is 0 Å². The van der Waals surface area contributed by atoms with Crippen molar-refractivity contribution < 1.29 is 24.8 Å². The van der Waals surface area contributed by atoms with E-state index in [-0.39, 0.29) is 11.5 Å². The van der Waals surface area contributed by atoms with E-state index >= 15 is 0 Å². The minimum Gasteiger partial charge on any atom is -0.595 e. The van der Waals surface area contributed by atoms with Crippen molar-refractivity contribution >= 4 is 17.4 Å². The number of benzene rings is 2. The van der Waals surface area contributed by atoms with Gasteiger partial charge in [0.15, 0.2) is 11.8 Å². The monoisotopic (exact) mass is 301 g/mol. The molecule has 2 aromatic rings. The Morgan fingerprint density at radius 1 is 1.09 bits per heavy atom. The SMILES string of the molecule is CC(=O)O[C@H](C(=O)c1ccccc1)c1ccc([NH+]([O-])O)cc1. The molecule has 6 nitrogen and oxygen atoms in total. The number of nitrogens with one attached hydrogen (secondary N) is 1. The number of quaternary nitrogens is 1. The van der Waals surface area contributed by atoms with E-state index in [1.807, 2.05) is 0 Å². The third-order valence-electron chi connectivity index (χ3n) is 3.04. The van der Waals surface area contributed by atoms with E-state index in [1.165, 1.54) is 31.2 Å². The molecule has 0 spiro atoms. The summed E-state index contributed by atoms with van der Waals surface area (Å²) in [5.41, 5.74) is 0.933. The van der Waals surface area contributed by atoms with E-state index in [4.69, 9.17) is 9.94 Å². The first kappa shape index (κ1) is 15.8. The number of Topliss-reactive ketones (excluding diaryl/α,β-unsaturated/α-hetero) is 1. The van der Waals surface area contributed by atoms with Gasteiger partial charge in [-0.2, -0.15) is 5.23 Å². The number of carbonyl (C=O) groups excluding carboxylic acids is 2. The van der Waals surface area contributed by atoms with Crippen LogP contribution in [0.4, 0.5) is 5.69 Å². The number of rotatable bonds is 5. The van der Waals surface area contributed by atoms with E-state index in [2.05, 4.69) is 0 Å². The first-order chi connectivity index (χ1) is 10.5. The van der Waals surface area contributed by atoms with Gasteiger partial charge in [-0.1, -0.05) is 30.3 Å². The molecule has 0 radical (unpaired) electrons. The fourth-order valence-electron chi connectivity index (χ4n) is 1.99. The summed E-state index contributed by atoms with van der Waals surface area (Å²) in [7, 11) is 0. The Kier molecular flexibility index (Phi) is 5.00. The molecule has 2 rings (SSSR count). The second kappa shape index (κ2) is 6.95. The maximum Gasteiger partial charge on any atom is 0.303 e. The van der Waals surface area contributed by atoms with E-state index in [1.54, 1.807) is 30.3 Å². The number of hydrogen-bond donors (Lipinski definition) is 2. The summed E-state index contributed by atoms with van der Waals surface area (Å²) in [4.78, 5) is 23.8. The Bertz CT molecular complexity index is 652. The van der Waals surface area contributed by atoms with Crippen LogP contribution in [0.15, 0.2) is 54.6 Å². The summed E-state index contributed by atoms with van der Waals surface area (Å²) >= 11 is 0. The van der Waals surface area contributed by atoms with Gasteiger partial charge >= 0.3 is 5.97 Å². The topological polar surface area (TPSA) is 91.1 Å². The normalized spacial score (nSPS) is 13.2. The fourth-order valence-corrected chi connectivity index (χ4v) is 1.99. The van der Waals surface area contributed by atoms with Gasteiger partial charge in [0.1, 0.15) is 0 Å². The van der Waals surface area contributed by atoms with Crippen molar-refractivity contribution in [3.05, 3.63) is 70.9 Å². The average molecular weight is 301 g/mol. The molecule has 0 aliphatic rings. The predicted octanol–water partition coefficient (Wildman–Crippen LogP) is 1.58. The largest absolute Gasteiger partial charge is 0.595 e. The number of ether oxygens (including phenoxy) is 1. The molecule has 1 unspecified atom stereocenters. The Labute approximate surface area is 127 Å². The van der Waals surface area contributed by atoms with Crippen molar-refractivity contribution in [3.63, 3.8) is 0 Å². The molecular weight excluding hydrogens is 286 g/mol. The maximum absolute atomic E-state index is 12.5. The van der Waals surface area contributed by atoms with Gasteiger partial charge in [-0.25, -0.2) is 5.21 Å². The summed E-state index contributed by atoms with van der Waals surface area (Å²) in [6.07, 6.45) is -1.09. The molecule has 2 N–H and O–H groups in total. The van der Waals surface area contributed by atoms with E-state index < -0.39 is 17.3 Å². The fraction of sp³-hybridized carbons (Fsp3) is 0.125. The summed E-state index contributed by atoms with van der Waals surface area (Å²) in [5, 5.41) is 18.7. The summed E-state index contributed by atoms with van der Waals surface area (Å²) in [5.74, 6) is -0.949. The molecule has 2 atom stereocenters. The van der Waals surface area contributed by atoms with Crippen LogP contribution in [-0.2, 0) is 9.53 Å². The van der Waals surface area contributed by atoms with Crippen LogP contribution in [0.3, 0.4) is 0 Å². The smallest absolute Gasteiger partial charge is 0.303 e. The van der Waals surface area contributed by atoms with E-state index in [0.29, 0.717) is 11.1 Å². The first-order valence-corrected chi connectivity index (χ1v) is 6.59. The summed E-state index contributed by atoms with van der Waals surface area (Å²) < 4.78 is 5.12. The van der Waals surface area contributed by atoms with Gasteiger partial charge in [-0.15, -0.1) is 0 Å². The van der Waals surface area contributed by atoms with Gasteiger partial charge in [0, 0.05) is 30.2 Å². The minimum atomic E-state index is -1.09. The highest BCUT2D eigenvalue weighted by atomic mass is 16.8. The Hall–Kier alpha value is -2.54. The average Bonchev–Trinajstić information content (AvgIpc) is 2.53. The lowest BCUT2D eigenvalue weighted by Gasteiger charge is -2.17. The lowest BCUT2D eigenvalue weighted by atomic mass is 9.99. The highest BCUT2D eigenvalue weighted by Crippen LogP contribution is 2.23. The highest BCUT2D eigenvalue weighted by Gasteiger charge is 2.25. The third-order valence-corrected chi connectivity index (χ3v) is 3.04. The Balaban J connectivity index is 2.33. The van der Waals surface area contributed by atoms with Crippen molar-refractivity contribution in [1.82, 2.24) is 0 Å². The molecular formula is C16H15NO5. The molecule has 114 valence electrons. The van der Waals surface area contributed by atoms with Gasteiger partial charge in [-0.05, 0) is 12.1 Å². The predicted molar refractivity (Wildman–Crippen MR) is 77.5 cm³/mol. The van der Waals surface area contributed by atoms with Crippen LogP contribution >= 0.6 is 0 Å². The van der Waals surface area contributed by atoms with Crippen LogP contribution in [0.2, 0.25) is 0 Å². The van der Waals surface area contributed by atoms with Gasteiger partial charge in [0.05, 0.1) is 0 Å². The minimum absolute atomic E-state index is 0.0949. The zero-order valence-corrected chi connectivity index (χ0v) is 11.9. The standard InChI is InChI=1S/C16H15NO5/c1-11(18)22-16(15(19)12-5-3-2-4-6-12)13-7-9-14(10-8-13)17(20)21/h2-10,16-17,20H,1H3/t16-/m0/s1. The second-order valence-electron chi connectivity index (χ2n) is 4.65. The third kappa shape index (κ3) is 3.76. The zero-order valence-electron chi connectivity index (χ0n) is 11.9. The number of hydrogen-bond acceptors (Lipinski definition) is 5. The maximum atomic E-state index is 12.5. The van der Waals surface area contributed by atoms with Crippen LogP contribution in [0, 0.1) is 5.21 Å². The molecule has 2 aromatic carbocycles. The van der Waals surface area contributed by atoms with Gasteiger partial charge < -0.3 is 9.94 Å². The van der Waals surface area contributed by atoms with Gasteiger partial charge in [0.2, 0.25) is 5.78 Å². The molecule has 0 saturated carbocycles. The molecule has 0 bridgehead atoms. The molecule has 0 aromatic heterocycles. The number of ketones is 1. The van der Waals surface area contributed by atoms with Crippen LogP contribution < -0.4 is 5.23 Å².